The zero-order chi connectivity index (χ0) is 41.8. The molecule has 10 rings (SSSR count). The number of aliphatic imine (C=N–C) groups is 1. The summed E-state index contributed by atoms with van der Waals surface area (Å²) < 4.78 is 39.0. The topological polar surface area (TPSA) is 76.8 Å². The fraction of sp³-hybridized carbons (Fsp3) is 0.294. The molecule has 8 heteroatoms. The van der Waals surface area contributed by atoms with Crippen LogP contribution in [0.25, 0.3) is 27.6 Å². The van der Waals surface area contributed by atoms with E-state index in [0.717, 1.165) is 55.6 Å². The smallest absolute Gasteiger partial charge is 0.218 e. The minimum Gasteiger partial charge on any atom is -0.467 e. The van der Waals surface area contributed by atoms with Crippen LogP contribution in [-0.2, 0) is 30.9 Å². The number of nitrogens with zero attached hydrogens (tertiary/aromatic N) is 4. The quantitative estimate of drug-likeness (QED) is 0.178. The van der Waals surface area contributed by atoms with Gasteiger partial charge in [-0.15, -0.1) is 0 Å². The highest BCUT2D eigenvalue weighted by molar-refractivity contribution is 7.92. The number of aryl methyl sites for hydroxylation is 4. The lowest BCUT2D eigenvalue weighted by Crippen LogP contribution is -2.51. The van der Waals surface area contributed by atoms with Crippen molar-refractivity contribution in [2.75, 3.05) is 4.90 Å². The van der Waals surface area contributed by atoms with E-state index in [9.17, 15) is 8.42 Å². The van der Waals surface area contributed by atoms with Crippen LogP contribution in [0.1, 0.15) is 93.0 Å². The van der Waals surface area contributed by atoms with Gasteiger partial charge in [0.05, 0.1) is 32.2 Å². The summed E-state index contributed by atoms with van der Waals surface area (Å²) in [6, 6.07) is 32.5. The van der Waals surface area contributed by atoms with Crippen molar-refractivity contribution in [3.8, 4) is 5.82 Å². The van der Waals surface area contributed by atoms with E-state index in [1.807, 2.05) is 42.6 Å². The van der Waals surface area contributed by atoms with Crippen LogP contribution in [0.5, 0.6) is 0 Å². The summed E-state index contributed by atoms with van der Waals surface area (Å²) in [7, 11) is -3.92. The highest BCUT2D eigenvalue weighted by Gasteiger charge is 2.68. The summed E-state index contributed by atoms with van der Waals surface area (Å²) in [6.45, 7) is 24.1. The Morgan fingerprint density at radius 1 is 0.678 bits per heavy atom. The van der Waals surface area contributed by atoms with Gasteiger partial charge in [0.2, 0.25) is 15.7 Å². The Labute approximate surface area is 347 Å². The summed E-state index contributed by atoms with van der Waals surface area (Å²) in [5.41, 5.74) is 11.2. The fourth-order valence-corrected chi connectivity index (χ4v) is 12.2. The predicted molar refractivity (Wildman–Crippen MR) is 239 cm³/mol. The number of fused-ring (bicyclic) bond motifs is 8. The maximum atomic E-state index is 14.8. The first-order valence-electron chi connectivity index (χ1n) is 20.5. The van der Waals surface area contributed by atoms with Crippen molar-refractivity contribution in [3.05, 3.63) is 148 Å². The van der Waals surface area contributed by atoms with E-state index in [-0.39, 0.29) is 20.6 Å². The van der Waals surface area contributed by atoms with Gasteiger partial charge in [0.15, 0.2) is 0 Å². The predicted octanol–water partition coefficient (Wildman–Crippen LogP) is 12.1. The molecule has 7 nitrogen and oxygen atoms in total. The van der Waals surface area contributed by atoms with E-state index in [1.54, 1.807) is 12.1 Å². The molecule has 3 aliphatic rings. The molecule has 2 aromatic heterocycles. The molecule has 59 heavy (non-hydrogen) atoms. The van der Waals surface area contributed by atoms with Crippen LogP contribution in [0.2, 0.25) is 0 Å². The molecule has 0 amide bonds. The number of ether oxygens (including phenoxy) is 1. The molecule has 0 spiro atoms. The molecule has 0 N–H and O–H groups in total. The van der Waals surface area contributed by atoms with E-state index in [2.05, 4.69) is 134 Å². The van der Waals surface area contributed by atoms with Crippen LogP contribution in [-0.4, -0.2) is 29.5 Å². The van der Waals surface area contributed by atoms with Gasteiger partial charge in [-0.05, 0) is 129 Å². The number of hydrogen-bond acceptors (Lipinski definition) is 6. The molecule has 0 radical (unpaired) electrons. The van der Waals surface area contributed by atoms with Gasteiger partial charge in [-0.2, -0.15) is 0 Å². The minimum absolute atomic E-state index is 0.0945. The van der Waals surface area contributed by atoms with Gasteiger partial charge in [0.25, 0.3) is 0 Å². The van der Waals surface area contributed by atoms with Crippen molar-refractivity contribution in [1.29, 1.82) is 0 Å². The Balaban J connectivity index is 1.23. The van der Waals surface area contributed by atoms with Crippen LogP contribution < -0.4 is 4.90 Å². The number of hydrogen-bond donors (Lipinski definition) is 0. The third kappa shape index (κ3) is 4.90. The second kappa shape index (κ2) is 11.9. The Morgan fingerprint density at radius 3 is 2.17 bits per heavy atom. The number of para-hydroxylation sites is 2. The second-order valence-electron chi connectivity index (χ2n) is 18.9. The largest absolute Gasteiger partial charge is 0.467 e. The molecule has 7 aromatic rings. The van der Waals surface area contributed by atoms with Gasteiger partial charge in [-0.25, -0.2) is 18.4 Å². The number of anilines is 3. The zero-order valence-electron chi connectivity index (χ0n) is 35.7. The van der Waals surface area contributed by atoms with Crippen LogP contribution >= 0.6 is 0 Å². The van der Waals surface area contributed by atoms with Gasteiger partial charge in [0, 0.05) is 33.6 Å². The van der Waals surface area contributed by atoms with Crippen molar-refractivity contribution in [2.45, 2.75) is 108 Å². The normalized spacial score (nSPS) is 21.2. The van der Waals surface area contributed by atoms with E-state index < -0.39 is 21.0 Å². The SMILES string of the molecule is Cc1cc(C)c2c(c1)[C@@]1(C)N=C(c3cc(N4c5ccccc5S(=O)(=O)c5cc6c7ccccc7n(-c7cc(C(C)(C)C)ccn7)c6cc54)c(C)cc3C)O[C@@]1(C)C2(C)C. The minimum atomic E-state index is -3.92. The number of aromatic nitrogens is 2. The lowest BCUT2D eigenvalue weighted by atomic mass is 9.70. The summed E-state index contributed by atoms with van der Waals surface area (Å²) >= 11 is 0. The van der Waals surface area contributed by atoms with Crippen LogP contribution in [0, 0.1) is 27.7 Å². The van der Waals surface area contributed by atoms with Crippen molar-refractivity contribution in [2.24, 2.45) is 4.99 Å². The maximum absolute atomic E-state index is 14.8. The Hall–Kier alpha value is -5.73. The van der Waals surface area contributed by atoms with Crippen molar-refractivity contribution >= 4 is 54.6 Å². The average Bonchev–Trinajstić information content (AvgIpc) is 3.69. The lowest BCUT2D eigenvalue weighted by Gasteiger charge is -2.41. The summed E-state index contributed by atoms with van der Waals surface area (Å²) in [6.07, 6.45) is 1.87. The van der Waals surface area contributed by atoms with Gasteiger partial charge < -0.3 is 9.64 Å². The molecule has 0 bridgehead atoms. The van der Waals surface area contributed by atoms with Crippen LogP contribution in [0.15, 0.2) is 118 Å². The average molecular weight is 799 g/mol. The molecule has 2 atom stereocenters. The molecule has 298 valence electrons. The summed E-state index contributed by atoms with van der Waals surface area (Å²) in [5.74, 6) is 1.38. The number of sulfone groups is 1. The van der Waals surface area contributed by atoms with Crippen molar-refractivity contribution in [1.82, 2.24) is 9.55 Å². The number of benzene rings is 5. The van der Waals surface area contributed by atoms with Gasteiger partial charge >= 0.3 is 0 Å². The summed E-state index contributed by atoms with van der Waals surface area (Å²) in [5, 5.41) is 1.81. The van der Waals surface area contributed by atoms with Gasteiger partial charge in [-0.1, -0.05) is 88.7 Å². The number of pyridine rings is 1. The van der Waals surface area contributed by atoms with Gasteiger partial charge in [0.1, 0.15) is 17.0 Å². The van der Waals surface area contributed by atoms with Crippen LogP contribution in [0.4, 0.5) is 17.1 Å². The third-order valence-corrected chi connectivity index (χ3v) is 15.7. The third-order valence-electron chi connectivity index (χ3n) is 13.9. The number of rotatable bonds is 3. The first kappa shape index (κ1) is 37.5. The Morgan fingerprint density at radius 2 is 1.41 bits per heavy atom. The molecule has 0 saturated heterocycles. The van der Waals surface area contributed by atoms with E-state index in [4.69, 9.17) is 14.7 Å². The molecule has 0 saturated carbocycles. The summed E-state index contributed by atoms with van der Waals surface area (Å²) in [4.78, 5) is 13.1. The first-order chi connectivity index (χ1) is 27.8. The highest BCUT2D eigenvalue weighted by Crippen LogP contribution is 2.63. The monoisotopic (exact) mass is 798 g/mol. The Bertz CT molecular complexity index is 3150. The molecule has 0 fully saturated rings. The van der Waals surface area contributed by atoms with E-state index >= 15 is 0 Å². The van der Waals surface area contributed by atoms with E-state index in [0.29, 0.717) is 17.3 Å². The van der Waals surface area contributed by atoms with Gasteiger partial charge in [-0.3, -0.25) is 4.57 Å². The first-order valence-corrected chi connectivity index (χ1v) is 22.0. The maximum Gasteiger partial charge on any atom is 0.218 e. The zero-order valence-corrected chi connectivity index (χ0v) is 36.6. The molecule has 4 heterocycles. The highest BCUT2D eigenvalue weighted by atomic mass is 32.2. The molecule has 1 aliphatic carbocycles. The van der Waals surface area contributed by atoms with Crippen LogP contribution in [0.3, 0.4) is 0 Å². The van der Waals surface area contributed by atoms with Crippen molar-refractivity contribution in [3.63, 3.8) is 0 Å². The Kier molecular flexibility index (Phi) is 7.60. The molecule has 2 aliphatic heterocycles. The molecule has 0 unspecified atom stereocenters. The van der Waals surface area contributed by atoms with E-state index in [1.165, 1.54) is 22.3 Å². The molecular weight excluding hydrogens is 749 g/mol. The lowest BCUT2D eigenvalue weighted by molar-refractivity contribution is -0.0137. The second-order valence-corrected chi connectivity index (χ2v) is 20.7. The molecule has 5 aromatic carbocycles. The molecular formula is C51H50N4O3S. The standard InChI is InChI=1S/C51H50N4O3S/c1-29-22-32(4)46-37(23-29)50(10)51(11,49(46,8)9)58-47(53-50)35-26-40(31(3)24-30(35)2)54-39-18-14-15-19-43(39)59(56,57)44-27-36-34-16-12-13-17-38(34)55(41(36)28-42(44)54)45-25-33(20-21-52-45)48(5,6)7/h12-28H,1-11H3/t50-,51+/m1/s1. The van der Waals surface area contributed by atoms with Crippen molar-refractivity contribution < 1.29 is 13.2 Å². The fourth-order valence-electron chi connectivity index (χ4n) is 10.5.